The van der Waals surface area contributed by atoms with Crippen LogP contribution >= 0.6 is 35.4 Å². The summed E-state index contributed by atoms with van der Waals surface area (Å²) in [6.07, 6.45) is 0. The van der Waals surface area contributed by atoms with Gasteiger partial charge < -0.3 is 15.5 Å². The Labute approximate surface area is 150 Å². The third kappa shape index (κ3) is 4.78. The van der Waals surface area contributed by atoms with Crippen LogP contribution in [0, 0.1) is 0 Å². The Balaban J connectivity index is 2.14. The number of benzene rings is 1. The van der Waals surface area contributed by atoms with Gasteiger partial charge in [0.1, 0.15) is 4.99 Å². The van der Waals surface area contributed by atoms with Crippen molar-refractivity contribution in [3.05, 3.63) is 28.2 Å². The number of amides is 1. The molecule has 1 aliphatic rings. The van der Waals surface area contributed by atoms with Crippen LogP contribution in [0.3, 0.4) is 0 Å². The van der Waals surface area contributed by atoms with Gasteiger partial charge in [-0.05, 0) is 25.2 Å². The van der Waals surface area contributed by atoms with Crippen molar-refractivity contribution >= 4 is 57.7 Å². The number of nitrogens with two attached hydrogens (primary N) is 1. The van der Waals surface area contributed by atoms with Gasteiger partial charge in [0.2, 0.25) is 0 Å². The molecule has 1 heterocycles. The number of thiocarbonyl (C=S) groups is 1. The summed E-state index contributed by atoms with van der Waals surface area (Å²) < 4.78 is 0. The summed E-state index contributed by atoms with van der Waals surface area (Å²) in [5.74, 6) is -0.289. The van der Waals surface area contributed by atoms with Gasteiger partial charge in [0.25, 0.3) is 5.91 Å². The van der Waals surface area contributed by atoms with E-state index in [1.165, 1.54) is 0 Å². The van der Waals surface area contributed by atoms with Crippen LogP contribution < -0.4 is 11.2 Å². The molecule has 6 nitrogen and oxygen atoms in total. The van der Waals surface area contributed by atoms with E-state index in [0.29, 0.717) is 28.8 Å². The van der Waals surface area contributed by atoms with Gasteiger partial charge in [0, 0.05) is 31.2 Å². The number of hydrogen-bond donors (Lipinski definition) is 2. The molecule has 0 radical (unpaired) electrons. The van der Waals surface area contributed by atoms with Crippen LogP contribution in [-0.2, 0) is 4.79 Å². The highest BCUT2D eigenvalue weighted by atomic mass is 35.5. The summed E-state index contributed by atoms with van der Waals surface area (Å²) in [7, 11) is 2.01. The standard InChI is InChI=1S/C14H17Cl2N5OS/c1-20-4-6-21(7-5-20)14(22)12(13(17)23)19-18-11-3-2-9(15)8-10(11)16/h2-3,8,18H,4-7H2,1H3,(H2,17,23)/b19-12+. The van der Waals surface area contributed by atoms with Gasteiger partial charge in [-0.15, -0.1) is 0 Å². The van der Waals surface area contributed by atoms with Gasteiger partial charge in [0.05, 0.1) is 10.7 Å². The first kappa shape index (κ1) is 17.9. The minimum Gasteiger partial charge on any atom is -0.388 e. The maximum absolute atomic E-state index is 12.5. The van der Waals surface area contributed by atoms with E-state index in [4.69, 9.17) is 41.2 Å². The third-order valence-corrected chi connectivity index (χ3v) is 4.19. The second-order valence-electron chi connectivity index (χ2n) is 5.16. The van der Waals surface area contributed by atoms with E-state index in [-0.39, 0.29) is 16.6 Å². The Bertz CT molecular complexity index is 644. The number of piperazine rings is 1. The fourth-order valence-electron chi connectivity index (χ4n) is 2.06. The highest BCUT2D eigenvalue weighted by Gasteiger charge is 2.25. The van der Waals surface area contributed by atoms with Crippen LogP contribution in [0.5, 0.6) is 0 Å². The highest BCUT2D eigenvalue weighted by molar-refractivity contribution is 7.82. The number of nitrogens with zero attached hydrogens (tertiary/aromatic N) is 3. The van der Waals surface area contributed by atoms with Gasteiger partial charge in [0.15, 0.2) is 5.71 Å². The zero-order valence-corrected chi connectivity index (χ0v) is 14.9. The van der Waals surface area contributed by atoms with E-state index in [1.54, 1.807) is 23.1 Å². The van der Waals surface area contributed by atoms with E-state index in [9.17, 15) is 4.79 Å². The number of carbonyl (C=O) groups excluding carboxylic acids is 1. The number of hydrazone groups is 1. The van der Waals surface area contributed by atoms with Gasteiger partial charge in [-0.25, -0.2) is 0 Å². The van der Waals surface area contributed by atoms with Crippen LogP contribution in [0.2, 0.25) is 10.0 Å². The summed E-state index contributed by atoms with van der Waals surface area (Å²) in [4.78, 5) is 16.3. The third-order valence-electron chi connectivity index (χ3n) is 3.45. The molecule has 1 saturated heterocycles. The van der Waals surface area contributed by atoms with Crippen molar-refractivity contribution in [2.24, 2.45) is 10.8 Å². The zero-order valence-electron chi connectivity index (χ0n) is 12.6. The smallest absolute Gasteiger partial charge is 0.277 e. The molecule has 0 atom stereocenters. The lowest BCUT2D eigenvalue weighted by molar-refractivity contribution is -0.125. The molecule has 1 fully saturated rings. The maximum Gasteiger partial charge on any atom is 0.277 e. The molecule has 124 valence electrons. The number of halogens is 2. The Morgan fingerprint density at radius 1 is 1.30 bits per heavy atom. The van der Waals surface area contributed by atoms with Crippen molar-refractivity contribution in [3.63, 3.8) is 0 Å². The predicted molar refractivity (Wildman–Crippen MR) is 98.4 cm³/mol. The fourth-order valence-corrected chi connectivity index (χ4v) is 2.65. The first-order chi connectivity index (χ1) is 10.9. The Morgan fingerprint density at radius 2 is 1.96 bits per heavy atom. The van der Waals surface area contributed by atoms with Crippen LogP contribution in [0.1, 0.15) is 0 Å². The van der Waals surface area contributed by atoms with Crippen molar-refractivity contribution in [2.75, 3.05) is 38.7 Å². The molecule has 1 aromatic carbocycles. The summed E-state index contributed by atoms with van der Waals surface area (Å²) in [5.41, 5.74) is 8.89. The van der Waals surface area contributed by atoms with Gasteiger partial charge >= 0.3 is 0 Å². The number of anilines is 1. The van der Waals surface area contributed by atoms with Crippen LogP contribution in [0.15, 0.2) is 23.3 Å². The van der Waals surface area contributed by atoms with E-state index >= 15 is 0 Å². The lowest BCUT2D eigenvalue weighted by Gasteiger charge is -2.32. The second kappa shape index (κ2) is 7.92. The molecule has 1 aromatic rings. The quantitative estimate of drug-likeness (QED) is 0.478. The van der Waals surface area contributed by atoms with Crippen molar-refractivity contribution in [1.82, 2.24) is 9.80 Å². The monoisotopic (exact) mass is 373 g/mol. The van der Waals surface area contributed by atoms with Crippen molar-refractivity contribution in [3.8, 4) is 0 Å². The molecule has 1 aliphatic heterocycles. The summed E-state index contributed by atoms with van der Waals surface area (Å²) in [5, 5.41) is 4.94. The average molecular weight is 374 g/mol. The fraction of sp³-hybridized carbons (Fsp3) is 0.357. The average Bonchev–Trinajstić information content (AvgIpc) is 2.49. The lowest BCUT2D eigenvalue weighted by Crippen LogP contribution is -2.51. The highest BCUT2D eigenvalue weighted by Crippen LogP contribution is 2.25. The van der Waals surface area contributed by atoms with E-state index in [0.717, 1.165) is 13.1 Å². The SMILES string of the molecule is CN1CCN(C(=O)/C(=N/Nc2ccc(Cl)cc2Cl)C(N)=S)CC1. The Kier molecular flexibility index (Phi) is 6.17. The Morgan fingerprint density at radius 3 is 2.52 bits per heavy atom. The molecular formula is C14H17Cl2N5OS. The Hall–Kier alpha value is -1.41. The molecule has 9 heteroatoms. The molecule has 0 aliphatic carbocycles. The van der Waals surface area contributed by atoms with Crippen LogP contribution in [0.25, 0.3) is 0 Å². The van der Waals surface area contributed by atoms with E-state index in [1.807, 2.05) is 7.05 Å². The second-order valence-corrected chi connectivity index (χ2v) is 6.44. The summed E-state index contributed by atoms with van der Waals surface area (Å²) >= 11 is 16.8. The van der Waals surface area contributed by atoms with Gasteiger partial charge in [-0.3, -0.25) is 10.2 Å². The number of likely N-dealkylation sites (N-methyl/N-ethyl adjacent to an activating group) is 1. The van der Waals surface area contributed by atoms with Gasteiger partial charge in [-0.1, -0.05) is 35.4 Å². The normalized spacial score (nSPS) is 16.3. The van der Waals surface area contributed by atoms with Gasteiger partial charge in [-0.2, -0.15) is 5.10 Å². The molecule has 0 unspecified atom stereocenters. The van der Waals surface area contributed by atoms with Crippen LogP contribution in [-0.4, -0.2) is 59.6 Å². The summed E-state index contributed by atoms with van der Waals surface area (Å²) in [6, 6.07) is 4.89. The largest absolute Gasteiger partial charge is 0.388 e. The molecule has 0 bridgehead atoms. The lowest BCUT2D eigenvalue weighted by atomic mass is 10.2. The molecule has 0 aromatic heterocycles. The molecule has 0 saturated carbocycles. The zero-order chi connectivity index (χ0) is 17.0. The number of nitrogens with one attached hydrogen (secondary N) is 1. The molecule has 0 spiro atoms. The van der Waals surface area contributed by atoms with Crippen molar-refractivity contribution < 1.29 is 4.79 Å². The number of carbonyl (C=O) groups is 1. The summed E-state index contributed by atoms with van der Waals surface area (Å²) in [6.45, 7) is 2.82. The van der Waals surface area contributed by atoms with Crippen molar-refractivity contribution in [1.29, 1.82) is 0 Å². The molecular weight excluding hydrogens is 357 g/mol. The predicted octanol–water partition coefficient (Wildman–Crippen LogP) is 1.82. The molecule has 23 heavy (non-hydrogen) atoms. The first-order valence-corrected chi connectivity index (χ1v) is 8.11. The van der Waals surface area contributed by atoms with Crippen molar-refractivity contribution in [2.45, 2.75) is 0 Å². The van der Waals surface area contributed by atoms with E-state index in [2.05, 4.69) is 15.4 Å². The topological polar surface area (TPSA) is 74.0 Å². The van der Waals surface area contributed by atoms with E-state index < -0.39 is 0 Å². The molecule has 2 rings (SSSR count). The number of rotatable bonds is 4. The maximum atomic E-state index is 12.5. The minimum atomic E-state index is -0.289. The molecule has 1 amide bonds. The van der Waals surface area contributed by atoms with Crippen LogP contribution in [0.4, 0.5) is 5.69 Å². The minimum absolute atomic E-state index is 0.00979. The first-order valence-electron chi connectivity index (χ1n) is 6.95. The molecule has 3 N–H and O–H groups in total. The number of hydrogen-bond acceptors (Lipinski definition) is 5.